The number of benzene rings is 3. The van der Waals surface area contributed by atoms with E-state index < -0.39 is 29.5 Å². The van der Waals surface area contributed by atoms with Crippen LogP contribution in [-0.4, -0.2) is 28.8 Å². The van der Waals surface area contributed by atoms with Crippen molar-refractivity contribution in [3.05, 3.63) is 119 Å². The maximum atomic E-state index is 14.2. The molecule has 0 saturated carbocycles. The van der Waals surface area contributed by atoms with Crippen LogP contribution in [0.2, 0.25) is 0 Å². The summed E-state index contributed by atoms with van der Waals surface area (Å²) >= 11 is 0. The minimum absolute atomic E-state index is 0.0479. The molecule has 0 unspecified atom stereocenters. The van der Waals surface area contributed by atoms with E-state index in [9.17, 15) is 23.6 Å². The van der Waals surface area contributed by atoms with Gasteiger partial charge in [0.15, 0.2) is 0 Å². The summed E-state index contributed by atoms with van der Waals surface area (Å²) in [5, 5.41) is 16.4. The topological polar surface area (TPSA) is 125 Å². The Hall–Kier alpha value is -5.05. The number of hydrogen-bond acceptors (Lipinski definition) is 4. The van der Waals surface area contributed by atoms with E-state index in [-0.39, 0.29) is 17.8 Å². The molecule has 0 aromatic heterocycles. The van der Waals surface area contributed by atoms with E-state index in [4.69, 9.17) is 5.11 Å². The lowest BCUT2D eigenvalue weighted by atomic mass is 10.1. The summed E-state index contributed by atoms with van der Waals surface area (Å²) in [7, 11) is 0. The van der Waals surface area contributed by atoms with Crippen molar-refractivity contribution >= 4 is 35.5 Å². The second-order valence-corrected chi connectivity index (χ2v) is 7.40. The molecule has 0 aliphatic rings. The summed E-state index contributed by atoms with van der Waals surface area (Å²) in [5.41, 5.74) is 1.11. The molecule has 3 amide bonds. The summed E-state index contributed by atoms with van der Waals surface area (Å²) in [6, 6.07) is 20.6. The number of aliphatic carboxylic acids is 1. The molecule has 3 rings (SSSR count). The molecule has 0 aliphatic heterocycles. The minimum Gasteiger partial charge on any atom is -0.478 e. The van der Waals surface area contributed by atoms with Crippen LogP contribution >= 0.6 is 0 Å². The third-order valence-corrected chi connectivity index (χ3v) is 4.83. The highest BCUT2D eigenvalue weighted by Gasteiger charge is 2.16. The first-order chi connectivity index (χ1) is 17.3. The Balaban J connectivity index is 1.80. The molecular formula is C27H22FN3O5. The van der Waals surface area contributed by atoms with Gasteiger partial charge in [-0.3, -0.25) is 14.4 Å². The fourth-order valence-electron chi connectivity index (χ4n) is 3.08. The van der Waals surface area contributed by atoms with Gasteiger partial charge in [-0.15, -0.1) is 0 Å². The second kappa shape index (κ2) is 12.4. The molecule has 0 atom stereocenters. The molecule has 9 heteroatoms. The molecule has 3 aromatic rings. The monoisotopic (exact) mass is 487 g/mol. The highest BCUT2D eigenvalue weighted by atomic mass is 19.1. The number of hydrogen-bond donors (Lipinski definition) is 4. The smallest absolute Gasteiger partial charge is 0.328 e. The average Bonchev–Trinajstić information content (AvgIpc) is 2.88. The number of rotatable bonds is 9. The highest BCUT2D eigenvalue weighted by molar-refractivity contribution is 6.05. The van der Waals surface area contributed by atoms with Gasteiger partial charge in [0, 0.05) is 35.5 Å². The Labute approximate surface area is 206 Å². The first-order valence-electron chi connectivity index (χ1n) is 10.7. The van der Waals surface area contributed by atoms with Gasteiger partial charge in [-0.25, -0.2) is 9.18 Å². The van der Waals surface area contributed by atoms with E-state index in [0.717, 1.165) is 6.08 Å². The largest absolute Gasteiger partial charge is 0.478 e. The van der Waals surface area contributed by atoms with Crippen LogP contribution in [0.1, 0.15) is 21.5 Å². The lowest BCUT2D eigenvalue weighted by Crippen LogP contribution is -2.34. The third kappa shape index (κ3) is 7.49. The molecule has 8 nitrogen and oxygen atoms in total. The van der Waals surface area contributed by atoms with Gasteiger partial charge >= 0.3 is 5.97 Å². The van der Waals surface area contributed by atoms with E-state index in [2.05, 4.69) is 16.0 Å². The van der Waals surface area contributed by atoms with E-state index in [1.165, 1.54) is 24.3 Å². The molecule has 0 radical (unpaired) electrons. The Morgan fingerprint density at radius 1 is 0.833 bits per heavy atom. The van der Waals surface area contributed by atoms with Crippen LogP contribution in [0.25, 0.3) is 6.08 Å². The second-order valence-electron chi connectivity index (χ2n) is 7.40. The van der Waals surface area contributed by atoms with Gasteiger partial charge in [-0.05, 0) is 35.9 Å². The van der Waals surface area contributed by atoms with Gasteiger partial charge in [-0.2, -0.15) is 0 Å². The SMILES string of the molecule is O=C(O)C=CC(=O)Nc1ccccc1CNC(=O)C(=Cc1ccccc1F)NC(=O)c1ccccc1. The zero-order chi connectivity index (χ0) is 25.9. The third-order valence-electron chi connectivity index (χ3n) is 4.83. The molecule has 0 heterocycles. The van der Waals surface area contributed by atoms with Crippen LogP contribution in [0.4, 0.5) is 10.1 Å². The maximum absolute atomic E-state index is 14.2. The van der Waals surface area contributed by atoms with Gasteiger partial charge in [0.05, 0.1) is 0 Å². The fourth-order valence-corrected chi connectivity index (χ4v) is 3.08. The summed E-state index contributed by atoms with van der Waals surface area (Å²) in [4.78, 5) is 48.3. The number of nitrogens with one attached hydrogen (secondary N) is 3. The van der Waals surface area contributed by atoms with E-state index in [1.807, 2.05) is 0 Å². The van der Waals surface area contributed by atoms with Crippen molar-refractivity contribution in [3.63, 3.8) is 0 Å². The molecule has 0 saturated heterocycles. The Morgan fingerprint density at radius 3 is 2.22 bits per heavy atom. The first-order valence-corrected chi connectivity index (χ1v) is 10.7. The Kier molecular flexibility index (Phi) is 8.82. The summed E-state index contributed by atoms with van der Waals surface area (Å²) < 4.78 is 14.2. The molecular weight excluding hydrogens is 465 g/mol. The molecule has 0 spiro atoms. The van der Waals surface area contributed by atoms with Crippen molar-refractivity contribution < 1.29 is 28.7 Å². The van der Waals surface area contributed by atoms with Crippen molar-refractivity contribution in [1.82, 2.24) is 10.6 Å². The number of halogens is 1. The van der Waals surface area contributed by atoms with Crippen LogP contribution in [0, 0.1) is 5.82 Å². The maximum Gasteiger partial charge on any atom is 0.328 e. The van der Waals surface area contributed by atoms with Crippen molar-refractivity contribution in [1.29, 1.82) is 0 Å². The van der Waals surface area contributed by atoms with Crippen molar-refractivity contribution in [2.24, 2.45) is 0 Å². The minimum atomic E-state index is -1.27. The van der Waals surface area contributed by atoms with Crippen LogP contribution in [0.3, 0.4) is 0 Å². The summed E-state index contributed by atoms with van der Waals surface area (Å²) in [6.07, 6.45) is 2.80. The van der Waals surface area contributed by atoms with Gasteiger partial charge in [-0.1, -0.05) is 54.6 Å². The number of amides is 3. The normalized spacial score (nSPS) is 11.1. The number of para-hydroxylation sites is 1. The molecule has 4 N–H and O–H groups in total. The van der Waals surface area contributed by atoms with Crippen LogP contribution in [0.15, 0.2) is 96.7 Å². The number of carbonyl (C=O) groups is 4. The molecule has 3 aromatic carbocycles. The van der Waals surface area contributed by atoms with Crippen LogP contribution in [-0.2, 0) is 20.9 Å². The highest BCUT2D eigenvalue weighted by Crippen LogP contribution is 2.16. The van der Waals surface area contributed by atoms with E-state index >= 15 is 0 Å². The summed E-state index contributed by atoms with van der Waals surface area (Å²) in [6.45, 7) is -0.0479. The van der Waals surface area contributed by atoms with Crippen molar-refractivity contribution in [3.8, 4) is 0 Å². The molecule has 0 bridgehead atoms. The van der Waals surface area contributed by atoms with Crippen LogP contribution < -0.4 is 16.0 Å². The molecule has 0 fully saturated rings. The number of carbonyl (C=O) groups excluding carboxylic acids is 3. The Bertz CT molecular complexity index is 1340. The number of carboxylic acids is 1. The van der Waals surface area contributed by atoms with Crippen molar-refractivity contribution in [2.45, 2.75) is 6.54 Å². The standard InChI is InChI=1S/C27H22FN3O5/c28-21-12-6-4-10-19(21)16-23(31-26(35)18-8-2-1-3-9-18)27(36)29-17-20-11-5-7-13-22(20)30-24(32)14-15-25(33)34/h1-16H,17H2,(H,29,36)(H,30,32)(H,31,35)(H,33,34). The van der Waals surface area contributed by atoms with Gasteiger partial charge in [0.25, 0.3) is 11.8 Å². The van der Waals surface area contributed by atoms with E-state index in [1.54, 1.807) is 60.7 Å². The lowest BCUT2D eigenvalue weighted by Gasteiger charge is -2.14. The average molecular weight is 487 g/mol. The van der Waals surface area contributed by atoms with Gasteiger partial charge < -0.3 is 21.1 Å². The van der Waals surface area contributed by atoms with Crippen molar-refractivity contribution in [2.75, 3.05) is 5.32 Å². The Morgan fingerprint density at radius 2 is 1.50 bits per heavy atom. The molecule has 36 heavy (non-hydrogen) atoms. The number of anilines is 1. The van der Waals surface area contributed by atoms with Crippen LogP contribution in [0.5, 0.6) is 0 Å². The predicted octanol–water partition coefficient (Wildman–Crippen LogP) is 3.49. The first kappa shape index (κ1) is 25.6. The lowest BCUT2D eigenvalue weighted by molar-refractivity contribution is -0.131. The molecule has 182 valence electrons. The van der Waals surface area contributed by atoms with Gasteiger partial charge in [0.1, 0.15) is 11.5 Å². The van der Waals surface area contributed by atoms with Gasteiger partial charge in [0.2, 0.25) is 5.91 Å². The summed E-state index contributed by atoms with van der Waals surface area (Å²) in [5.74, 6) is -3.73. The predicted molar refractivity (Wildman–Crippen MR) is 132 cm³/mol. The molecule has 0 aliphatic carbocycles. The van der Waals surface area contributed by atoms with E-state index in [0.29, 0.717) is 22.9 Å². The quantitative estimate of drug-likeness (QED) is 0.344. The zero-order valence-electron chi connectivity index (χ0n) is 18.9. The fraction of sp³-hybridized carbons (Fsp3) is 0.0370. The number of carboxylic acid groups (broad SMARTS) is 1. The zero-order valence-corrected chi connectivity index (χ0v) is 18.9.